The third-order valence-electron chi connectivity index (χ3n) is 6.41. The highest BCUT2D eigenvalue weighted by molar-refractivity contribution is 6.03. The second-order valence-corrected chi connectivity index (χ2v) is 8.72. The van der Waals surface area contributed by atoms with Crippen molar-refractivity contribution in [3.8, 4) is 29.4 Å². The summed E-state index contributed by atoms with van der Waals surface area (Å²) in [6.07, 6.45) is 7.48. The zero-order valence-electron chi connectivity index (χ0n) is 19.5. The maximum atomic E-state index is 6.15. The number of hydrazone groups is 1. The summed E-state index contributed by atoms with van der Waals surface area (Å²) in [6.45, 7) is 3.47. The molecule has 2 aliphatic rings. The molecule has 0 fully saturated rings. The summed E-state index contributed by atoms with van der Waals surface area (Å²) in [5.74, 6) is 4.35. The van der Waals surface area contributed by atoms with Crippen LogP contribution in [-0.2, 0) is 17.9 Å². The van der Waals surface area contributed by atoms with Crippen LogP contribution >= 0.6 is 0 Å². The van der Waals surface area contributed by atoms with Gasteiger partial charge in [-0.1, -0.05) is 41.4 Å². The molecule has 35 heavy (non-hydrogen) atoms. The molecule has 0 amide bonds. The molecule has 6 rings (SSSR count). The van der Waals surface area contributed by atoms with Gasteiger partial charge in [0.15, 0.2) is 5.84 Å². The van der Waals surface area contributed by atoms with Gasteiger partial charge < -0.3 is 14.2 Å². The standard InChI is InChI=1S/C27H24N6O2/c1-4-19-10-11-23-21(13-19)27-29-31(3)25(16-34-15-20-8-6-5-7-9-20)32(27)14-24-26(28-17-33(23)24)22-12-18(2)35-30-22/h1,5-13,17,25H,14-16H2,2-3H3. The van der Waals surface area contributed by atoms with Crippen molar-refractivity contribution in [2.75, 3.05) is 13.7 Å². The van der Waals surface area contributed by atoms with Crippen molar-refractivity contribution in [3.05, 3.63) is 89.1 Å². The maximum absolute atomic E-state index is 6.15. The molecule has 0 bridgehead atoms. The molecule has 1 atom stereocenters. The lowest BCUT2D eigenvalue weighted by molar-refractivity contribution is 0.0218. The number of fused-ring (bicyclic) bond motifs is 5. The summed E-state index contributed by atoms with van der Waals surface area (Å²) in [4.78, 5) is 6.96. The van der Waals surface area contributed by atoms with E-state index in [2.05, 4.69) is 32.7 Å². The zero-order valence-corrected chi connectivity index (χ0v) is 19.5. The number of terminal acetylenes is 1. The predicted molar refractivity (Wildman–Crippen MR) is 131 cm³/mol. The van der Waals surface area contributed by atoms with E-state index >= 15 is 0 Å². The van der Waals surface area contributed by atoms with Crippen LogP contribution in [-0.4, -0.2) is 50.3 Å². The first kappa shape index (κ1) is 21.2. The van der Waals surface area contributed by atoms with Crippen molar-refractivity contribution in [1.82, 2.24) is 24.6 Å². The molecule has 2 aromatic carbocycles. The Kier molecular flexibility index (Phi) is 5.12. The van der Waals surface area contributed by atoms with Gasteiger partial charge in [-0.15, -0.1) is 6.42 Å². The monoisotopic (exact) mass is 464 g/mol. The van der Waals surface area contributed by atoms with Gasteiger partial charge in [-0.3, -0.25) is 9.58 Å². The maximum Gasteiger partial charge on any atom is 0.160 e. The second kappa shape index (κ2) is 8.46. The van der Waals surface area contributed by atoms with Gasteiger partial charge in [0.2, 0.25) is 0 Å². The summed E-state index contributed by atoms with van der Waals surface area (Å²) in [7, 11) is 1.97. The predicted octanol–water partition coefficient (Wildman–Crippen LogP) is 3.78. The van der Waals surface area contributed by atoms with E-state index in [1.54, 1.807) is 0 Å². The van der Waals surface area contributed by atoms with Crippen LogP contribution < -0.4 is 0 Å². The molecular formula is C27H24N6O2. The number of aryl methyl sites for hydroxylation is 1. The number of aromatic nitrogens is 3. The topological polar surface area (TPSA) is 71.9 Å². The van der Waals surface area contributed by atoms with E-state index < -0.39 is 0 Å². The Labute approximate surface area is 203 Å². The highest BCUT2D eigenvalue weighted by atomic mass is 16.5. The number of ether oxygens (including phenoxy) is 1. The SMILES string of the molecule is C#Cc1ccc2c(c1)C1=NN(C)C(COCc3ccccc3)N1Cc1c(-c3cc(C)on3)ncn1-2. The molecule has 0 N–H and O–H groups in total. The van der Waals surface area contributed by atoms with Gasteiger partial charge in [-0.05, 0) is 30.7 Å². The highest BCUT2D eigenvalue weighted by Crippen LogP contribution is 2.35. The van der Waals surface area contributed by atoms with E-state index in [-0.39, 0.29) is 6.17 Å². The molecule has 0 saturated carbocycles. The van der Waals surface area contributed by atoms with E-state index in [0.717, 1.165) is 45.4 Å². The number of imidazole rings is 1. The molecule has 1 unspecified atom stereocenters. The van der Waals surface area contributed by atoms with Gasteiger partial charge in [0.05, 0.1) is 31.1 Å². The van der Waals surface area contributed by atoms with E-state index in [0.29, 0.717) is 25.5 Å². The van der Waals surface area contributed by atoms with Crippen LogP contribution in [0.25, 0.3) is 17.1 Å². The van der Waals surface area contributed by atoms with Crippen LogP contribution in [0.15, 0.2) is 70.5 Å². The smallest absolute Gasteiger partial charge is 0.160 e. The quantitative estimate of drug-likeness (QED) is 0.419. The van der Waals surface area contributed by atoms with Crippen molar-refractivity contribution in [2.45, 2.75) is 26.2 Å². The average molecular weight is 465 g/mol. The minimum Gasteiger partial charge on any atom is -0.373 e. The number of hydrogen-bond acceptors (Lipinski definition) is 7. The van der Waals surface area contributed by atoms with Crippen LogP contribution in [0, 0.1) is 19.3 Å². The molecule has 8 nitrogen and oxygen atoms in total. The summed E-state index contributed by atoms with van der Waals surface area (Å²) in [6, 6.07) is 18.1. The summed E-state index contributed by atoms with van der Waals surface area (Å²) < 4.78 is 13.6. The van der Waals surface area contributed by atoms with E-state index in [4.69, 9.17) is 25.8 Å². The fourth-order valence-corrected chi connectivity index (χ4v) is 4.66. The number of amidine groups is 1. The Morgan fingerprint density at radius 1 is 1.17 bits per heavy atom. The molecule has 0 aliphatic carbocycles. The average Bonchev–Trinajstić information content (AvgIpc) is 3.55. The zero-order chi connectivity index (χ0) is 23.9. The van der Waals surface area contributed by atoms with Gasteiger partial charge in [-0.25, -0.2) is 4.98 Å². The van der Waals surface area contributed by atoms with Crippen molar-refractivity contribution < 1.29 is 9.26 Å². The lowest BCUT2D eigenvalue weighted by atomic mass is 10.1. The first-order valence-electron chi connectivity index (χ1n) is 11.4. The number of hydrogen-bond donors (Lipinski definition) is 0. The third kappa shape index (κ3) is 3.66. The van der Waals surface area contributed by atoms with Gasteiger partial charge in [0, 0.05) is 24.2 Å². The molecule has 2 aromatic heterocycles. The number of likely N-dealkylation sites (N-methyl/N-ethyl adjacent to an activating group) is 1. The van der Waals surface area contributed by atoms with E-state index in [1.807, 2.05) is 67.8 Å². The van der Waals surface area contributed by atoms with Crippen molar-refractivity contribution in [2.24, 2.45) is 5.10 Å². The molecule has 4 aromatic rings. The molecule has 2 aliphatic heterocycles. The molecule has 0 spiro atoms. The van der Waals surface area contributed by atoms with Crippen LogP contribution in [0.4, 0.5) is 0 Å². The Hall–Kier alpha value is -4.35. The Morgan fingerprint density at radius 3 is 2.80 bits per heavy atom. The molecule has 0 radical (unpaired) electrons. The van der Waals surface area contributed by atoms with Gasteiger partial charge in [0.25, 0.3) is 0 Å². The Balaban J connectivity index is 1.40. The third-order valence-corrected chi connectivity index (χ3v) is 6.41. The Morgan fingerprint density at radius 2 is 2.03 bits per heavy atom. The normalized spacial score (nSPS) is 16.3. The van der Waals surface area contributed by atoms with Crippen molar-refractivity contribution >= 4 is 5.84 Å². The first-order valence-corrected chi connectivity index (χ1v) is 11.4. The minimum atomic E-state index is -0.0931. The lowest BCUT2D eigenvalue weighted by Gasteiger charge is -2.29. The first-order chi connectivity index (χ1) is 17.1. The lowest BCUT2D eigenvalue weighted by Crippen LogP contribution is -2.43. The fourth-order valence-electron chi connectivity index (χ4n) is 4.66. The Bertz CT molecular complexity index is 1460. The number of rotatable bonds is 5. The summed E-state index contributed by atoms with van der Waals surface area (Å²) >= 11 is 0. The van der Waals surface area contributed by atoms with Crippen LogP contribution in [0.3, 0.4) is 0 Å². The number of benzene rings is 2. The van der Waals surface area contributed by atoms with Crippen LogP contribution in [0.5, 0.6) is 0 Å². The van der Waals surface area contributed by atoms with Gasteiger partial charge >= 0.3 is 0 Å². The molecule has 4 heterocycles. The number of nitrogens with zero attached hydrogens (tertiary/aromatic N) is 6. The fraction of sp³-hybridized carbons (Fsp3) is 0.222. The molecule has 174 valence electrons. The minimum absolute atomic E-state index is 0.0931. The van der Waals surface area contributed by atoms with Crippen LogP contribution in [0.2, 0.25) is 0 Å². The van der Waals surface area contributed by atoms with Gasteiger partial charge in [0.1, 0.15) is 29.6 Å². The molecule has 8 heteroatoms. The van der Waals surface area contributed by atoms with Crippen molar-refractivity contribution in [3.63, 3.8) is 0 Å². The van der Waals surface area contributed by atoms with Gasteiger partial charge in [-0.2, -0.15) is 5.10 Å². The largest absolute Gasteiger partial charge is 0.373 e. The van der Waals surface area contributed by atoms with E-state index in [9.17, 15) is 0 Å². The molecule has 0 saturated heterocycles. The highest BCUT2D eigenvalue weighted by Gasteiger charge is 2.38. The molecular weight excluding hydrogens is 440 g/mol. The van der Waals surface area contributed by atoms with Crippen LogP contribution in [0.1, 0.15) is 28.1 Å². The van der Waals surface area contributed by atoms with Crippen molar-refractivity contribution in [1.29, 1.82) is 0 Å². The second-order valence-electron chi connectivity index (χ2n) is 8.72. The summed E-state index contributed by atoms with van der Waals surface area (Å²) in [5.41, 5.74) is 6.36. The van der Waals surface area contributed by atoms with E-state index in [1.165, 1.54) is 0 Å². The summed E-state index contributed by atoms with van der Waals surface area (Å²) in [5, 5.41) is 11.1.